The number of aryl methyl sites for hydroxylation is 3. The molecule has 26 heavy (non-hydrogen) atoms. The molecule has 3 heterocycles. The Morgan fingerprint density at radius 1 is 1.19 bits per heavy atom. The second kappa shape index (κ2) is 7.43. The van der Waals surface area contributed by atoms with Crippen molar-refractivity contribution in [1.29, 1.82) is 0 Å². The summed E-state index contributed by atoms with van der Waals surface area (Å²) in [7, 11) is 0. The summed E-state index contributed by atoms with van der Waals surface area (Å²) in [5, 5.41) is 3.91. The molecule has 0 atom stereocenters. The highest BCUT2D eigenvalue weighted by atomic mass is 16.5. The number of piperidine rings is 1. The van der Waals surface area contributed by atoms with Crippen molar-refractivity contribution in [3.05, 3.63) is 45.0 Å². The second-order valence-electron chi connectivity index (χ2n) is 7.22. The molecule has 1 amide bonds. The Kier molecular flexibility index (Phi) is 5.25. The van der Waals surface area contributed by atoms with Gasteiger partial charge in [0.15, 0.2) is 0 Å². The van der Waals surface area contributed by atoms with Gasteiger partial charge in [0.05, 0.1) is 18.4 Å². The molecule has 0 aromatic carbocycles. The predicted molar refractivity (Wildman–Crippen MR) is 97.0 cm³/mol. The number of nitrogens with zero attached hydrogens (tertiary/aromatic N) is 4. The first-order chi connectivity index (χ1) is 12.4. The van der Waals surface area contributed by atoms with E-state index in [2.05, 4.69) is 10.1 Å². The lowest BCUT2D eigenvalue weighted by atomic mass is 9.96. The molecule has 7 heteroatoms. The van der Waals surface area contributed by atoms with Crippen molar-refractivity contribution in [2.45, 2.75) is 53.5 Å². The minimum absolute atomic E-state index is 0.0365. The lowest BCUT2D eigenvalue weighted by Gasteiger charge is -2.32. The Hall–Kier alpha value is -2.44. The van der Waals surface area contributed by atoms with Gasteiger partial charge in [0.1, 0.15) is 5.76 Å². The van der Waals surface area contributed by atoms with Crippen LogP contribution in [-0.2, 0) is 17.8 Å². The zero-order valence-corrected chi connectivity index (χ0v) is 15.9. The maximum Gasteiger partial charge on any atom is 0.256 e. The van der Waals surface area contributed by atoms with Crippen molar-refractivity contribution in [3.63, 3.8) is 0 Å². The summed E-state index contributed by atoms with van der Waals surface area (Å²) < 4.78 is 6.84. The molecule has 0 radical (unpaired) electrons. The van der Waals surface area contributed by atoms with Crippen molar-refractivity contribution in [3.8, 4) is 0 Å². The zero-order chi connectivity index (χ0) is 18.8. The third kappa shape index (κ3) is 3.71. The van der Waals surface area contributed by atoms with E-state index in [-0.39, 0.29) is 11.5 Å². The number of carbonyl (C=O) groups is 1. The Morgan fingerprint density at radius 3 is 2.50 bits per heavy atom. The lowest BCUT2D eigenvalue weighted by Crippen LogP contribution is -2.41. The van der Waals surface area contributed by atoms with Crippen LogP contribution in [0.2, 0.25) is 0 Å². The van der Waals surface area contributed by atoms with Crippen molar-refractivity contribution in [2.75, 3.05) is 13.1 Å². The highest BCUT2D eigenvalue weighted by Crippen LogP contribution is 2.21. The minimum atomic E-state index is 0.0365. The predicted octanol–water partition coefficient (Wildman–Crippen LogP) is 1.95. The van der Waals surface area contributed by atoms with Gasteiger partial charge in [0.2, 0.25) is 5.91 Å². The number of aromatic nitrogens is 3. The quantitative estimate of drug-likeness (QED) is 0.834. The van der Waals surface area contributed by atoms with Gasteiger partial charge in [-0.25, -0.2) is 4.98 Å². The second-order valence-corrected chi connectivity index (χ2v) is 7.22. The summed E-state index contributed by atoms with van der Waals surface area (Å²) in [5.41, 5.74) is 3.21. The van der Waals surface area contributed by atoms with E-state index in [1.807, 2.05) is 32.6 Å². The van der Waals surface area contributed by atoms with E-state index in [0.717, 1.165) is 42.9 Å². The molecule has 1 aliphatic rings. The summed E-state index contributed by atoms with van der Waals surface area (Å²) in [6.45, 7) is 9.48. The maximum absolute atomic E-state index is 12.6. The first-order valence-corrected chi connectivity index (χ1v) is 9.09. The van der Waals surface area contributed by atoms with E-state index >= 15 is 0 Å². The molecular formula is C19H26N4O3. The molecule has 0 bridgehead atoms. The van der Waals surface area contributed by atoms with Gasteiger partial charge in [-0.3, -0.25) is 14.2 Å². The topological polar surface area (TPSA) is 81.2 Å². The molecule has 1 aliphatic heterocycles. The monoisotopic (exact) mass is 358 g/mol. The average molecular weight is 358 g/mol. The van der Waals surface area contributed by atoms with Crippen molar-refractivity contribution < 1.29 is 9.32 Å². The van der Waals surface area contributed by atoms with Gasteiger partial charge in [0, 0.05) is 36.5 Å². The van der Waals surface area contributed by atoms with E-state index in [9.17, 15) is 9.59 Å². The van der Waals surface area contributed by atoms with E-state index in [1.165, 1.54) is 0 Å². The number of hydrogen-bond acceptors (Lipinski definition) is 5. The smallest absolute Gasteiger partial charge is 0.256 e. The van der Waals surface area contributed by atoms with Crippen LogP contribution in [0, 0.1) is 33.6 Å². The normalized spacial score (nSPS) is 15.5. The molecule has 3 rings (SSSR count). The number of carbonyl (C=O) groups excluding carboxylic acids is 1. The molecule has 0 saturated carbocycles. The highest BCUT2D eigenvalue weighted by Gasteiger charge is 2.25. The van der Waals surface area contributed by atoms with Gasteiger partial charge in [-0.1, -0.05) is 5.16 Å². The number of rotatable bonds is 4. The zero-order valence-electron chi connectivity index (χ0n) is 15.9. The fraction of sp³-hybridized carbons (Fsp3) is 0.579. The highest BCUT2D eigenvalue weighted by molar-refractivity contribution is 5.79. The molecule has 7 nitrogen and oxygen atoms in total. The van der Waals surface area contributed by atoms with E-state index < -0.39 is 0 Å². The maximum atomic E-state index is 12.6. The SMILES string of the molecule is Cc1noc(C)c1CC(=O)N1CCC(Cn2cnc(C)c(C)c2=O)CC1. The molecule has 0 aliphatic carbocycles. The standard InChI is InChI=1S/C19H26N4O3/c1-12-13(2)20-11-23(19(12)25)10-16-5-7-22(8-6-16)18(24)9-17-14(3)21-26-15(17)4/h11,16H,5-10H2,1-4H3. The number of amides is 1. The first kappa shape index (κ1) is 18.4. The minimum Gasteiger partial charge on any atom is -0.361 e. The van der Waals surface area contributed by atoms with Crippen LogP contribution in [0.1, 0.15) is 41.1 Å². The van der Waals surface area contributed by atoms with E-state index in [0.29, 0.717) is 30.2 Å². The summed E-state index contributed by atoms with van der Waals surface area (Å²) in [5.74, 6) is 1.22. The molecule has 0 N–H and O–H groups in total. The third-order valence-corrected chi connectivity index (χ3v) is 5.45. The fourth-order valence-electron chi connectivity index (χ4n) is 3.47. The first-order valence-electron chi connectivity index (χ1n) is 9.09. The van der Waals surface area contributed by atoms with Crippen LogP contribution < -0.4 is 5.56 Å². The van der Waals surface area contributed by atoms with Crippen LogP contribution in [0.15, 0.2) is 15.6 Å². The molecule has 0 spiro atoms. The summed E-state index contributed by atoms with van der Waals surface area (Å²) in [6.07, 6.45) is 3.77. The summed E-state index contributed by atoms with van der Waals surface area (Å²) in [6, 6.07) is 0. The third-order valence-electron chi connectivity index (χ3n) is 5.45. The molecule has 1 saturated heterocycles. The molecule has 1 fully saturated rings. The Bertz CT molecular complexity index is 841. The lowest BCUT2D eigenvalue weighted by molar-refractivity contribution is -0.131. The van der Waals surface area contributed by atoms with Gasteiger partial charge in [-0.2, -0.15) is 0 Å². The van der Waals surface area contributed by atoms with Crippen LogP contribution >= 0.6 is 0 Å². The van der Waals surface area contributed by atoms with Gasteiger partial charge < -0.3 is 9.42 Å². The van der Waals surface area contributed by atoms with Gasteiger partial charge in [-0.15, -0.1) is 0 Å². The van der Waals surface area contributed by atoms with Crippen molar-refractivity contribution >= 4 is 5.91 Å². The number of hydrogen-bond donors (Lipinski definition) is 0. The molecule has 2 aromatic rings. The summed E-state index contributed by atoms with van der Waals surface area (Å²) in [4.78, 5) is 31.1. The fourth-order valence-corrected chi connectivity index (χ4v) is 3.47. The molecule has 0 unspecified atom stereocenters. The Labute approximate surface area is 153 Å². The molecule has 140 valence electrons. The Morgan fingerprint density at radius 2 is 1.88 bits per heavy atom. The average Bonchev–Trinajstić information content (AvgIpc) is 2.94. The number of likely N-dealkylation sites (tertiary alicyclic amines) is 1. The largest absolute Gasteiger partial charge is 0.361 e. The van der Waals surface area contributed by atoms with Gasteiger partial charge >= 0.3 is 0 Å². The van der Waals surface area contributed by atoms with Crippen LogP contribution in [0.5, 0.6) is 0 Å². The Balaban J connectivity index is 1.57. The van der Waals surface area contributed by atoms with E-state index in [1.54, 1.807) is 10.9 Å². The van der Waals surface area contributed by atoms with Gasteiger partial charge in [-0.05, 0) is 46.5 Å². The van der Waals surface area contributed by atoms with Crippen LogP contribution in [-0.4, -0.2) is 38.6 Å². The molecular weight excluding hydrogens is 332 g/mol. The molecule has 2 aromatic heterocycles. The summed E-state index contributed by atoms with van der Waals surface area (Å²) >= 11 is 0. The van der Waals surface area contributed by atoms with Crippen molar-refractivity contribution in [1.82, 2.24) is 19.6 Å². The van der Waals surface area contributed by atoms with Crippen LogP contribution in [0.25, 0.3) is 0 Å². The van der Waals surface area contributed by atoms with Crippen LogP contribution in [0.3, 0.4) is 0 Å². The van der Waals surface area contributed by atoms with Crippen LogP contribution in [0.4, 0.5) is 0 Å². The van der Waals surface area contributed by atoms with Crippen molar-refractivity contribution in [2.24, 2.45) is 5.92 Å². The van der Waals surface area contributed by atoms with E-state index in [4.69, 9.17) is 4.52 Å². The van der Waals surface area contributed by atoms with Gasteiger partial charge in [0.25, 0.3) is 5.56 Å².